The molecule has 1 fully saturated rings. The molecule has 6 nitrogen and oxygen atoms in total. The number of halogens is 1. The summed E-state index contributed by atoms with van der Waals surface area (Å²) in [5.74, 6) is 1.15. The Kier molecular flexibility index (Phi) is 4.33. The summed E-state index contributed by atoms with van der Waals surface area (Å²) in [7, 11) is 1.64. The maximum Gasteiger partial charge on any atom is 0.234 e. The minimum Gasteiger partial charge on any atom is -0.497 e. The van der Waals surface area contributed by atoms with Gasteiger partial charge >= 0.3 is 0 Å². The van der Waals surface area contributed by atoms with E-state index in [2.05, 4.69) is 9.88 Å². The van der Waals surface area contributed by atoms with Gasteiger partial charge in [0, 0.05) is 31.9 Å². The highest BCUT2D eigenvalue weighted by atomic mass is 19.1. The van der Waals surface area contributed by atoms with E-state index in [1.807, 2.05) is 35.2 Å². The third kappa shape index (κ3) is 3.06. The quantitative estimate of drug-likeness (QED) is 0.862. The number of hydrogen-bond donors (Lipinski definition) is 0. The summed E-state index contributed by atoms with van der Waals surface area (Å²) >= 11 is 0. The van der Waals surface area contributed by atoms with E-state index in [-0.39, 0.29) is 11.6 Å². The largest absolute Gasteiger partial charge is 0.497 e. The highest BCUT2D eigenvalue weighted by Gasteiger charge is 2.24. The van der Waals surface area contributed by atoms with E-state index < -0.39 is 6.67 Å². The van der Waals surface area contributed by atoms with Gasteiger partial charge in [0.05, 0.1) is 7.11 Å². The van der Waals surface area contributed by atoms with E-state index in [0.717, 1.165) is 24.5 Å². The molecular weight excluding hydrogens is 299 g/mol. The Labute approximate surface area is 133 Å². The molecule has 0 radical (unpaired) electrons. The smallest absolute Gasteiger partial charge is 0.234 e. The van der Waals surface area contributed by atoms with E-state index in [1.54, 1.807) is 7.11 Å². The highest BCUT2D eigenvalue weighted by Crippen LogP contribution is 2.26. The van der Waals surface area contributed by atoms with Gasteiger partial charge < -0.3 is 19.0 Å². The molecule has 2 heterocycles. The summed E-state index contributed by atoms with van der Waals surface area (Å²) in [6.45, 7) is 2.12. The molecule has 2 aromatic rings. The van der Waals surface area contributed by atoms with Gasteiger partial charge in [0.25, 0.3) is 0 Å². The zero-order chi connectivity index (χ0) is 16.2. The van der Waals surface area contributed by atoms with Gasteiger partial charge in [-0.1, -0.05) is 0 Å². The zero-order valence-corrected chi connectivity index (χ0v) is 12.8. The fourth-order valence-electron chi connectivity index (χ4n) is 2.66. The summed E-state index contributed by atoms with van der Waals surface area (Å²) in [6.07, 6.45) is 0. The maximum atomic E-state index is 12.7. The first-order valence-corrected chi connectivity index (χ1v) is 7.35. The van der Waals surface area contributed by atoms with E-state index >= 15 is 0 Å². The van der Waals surface area contributed by atoms with Gasteiger partial charge in [0.15, 0.2) is 6.67 Å². The predicted molar refractivity (Wildman–Crippen MR) is 83.5 cm³/mol. The van der Waals surface area contributed by atoms with Crippen LogP contribution in [-0.4, -0.2) is 38.3 Å². The van der Waals surface area contributed by atoms with Crippen LogP contribution in [0, 0.1) is 11.3 Å². The van der Waals surface area contributed by atoms with Crippen molar-refractivity contribution in [1.29, 1.82) is 5.26 Å². The van der Waals surface area contributed by atoms with Crippen molar-refractivity contribution in [2.75, 3.05) is 43.1 Å². The van der Waals surface area contributed by atoms with Crippen molar-refractivity contribution in [1.82, 2.24) is 4.98 Å². The fraction of sp³-hybridized carbons (Fsp3) is 0.375. The van der Waals surface area contributed by atoms with Crippen LogP contribution in [0.3, 0.4) is 0 Å². The number of piperazine rings is 1. The molecule has 0 saturated carbocycles. The Morgan fingerprint density at radius 1 is 1.22 bits per heavy atom. The lowest BCUT2D eigenvalue weighted by atomic mass is 10.2. The molecule has 1 saturated heterocycles. The Morgan fingerprint density at radius 3 is 2.43 bits per heavy atom. The summed E-state index contributed by atoms with van der Waals surface area (Å²) in [5, 5.41) is 9.09. The molecule has 0 atom stereocenters. The van der Waals surface area contributed by atoms with Gasteiger partial charge in [-0.05, 0) is 24.3 Å². The maximum absolute atomic E-state index is 12.7. The molecule has 7 heteroatoms. The third-order valence-corrected chi connectivity index (χ3v) is 3.88. The van der Waals surface area contributed by atoms with Crippen molar-refractivity contribution in [3.05, 3.63) is 35.9 Å². The van der Waals surface area contributed by atoms with Crippen LogP contribution in [-0.2, 0) is 6.67 Å². The molecule has 23 heavy (non-hydrogen) atoms. The van der Waals surface area contributed by atoms with Crippen molar-refractivity contribution in [2.45, 2.75) is 6.67 Å². The van der Waals surface area contributed by atoms with Crippen LogP contribution >= 0.6 is 0 Å². The number of alkyl halides is 1. The van der Waals surface area contributed by atoms with Crippen molar-refractivity contribution in [3.63, 3.8) is 0 Å². The molecule has 1 aromatic heterocycles. The van der Waals surface area contributed by atoms with Gasteiger partial charge in [0.2, 0.25) is 17.5 Å². The molecule has 3 rings (SSSR count). The van der Waals surface area contributed by atoms with Crippen molar-refractivity contribution in [2.24, 2.45) is 0 Å². The van der Waals surface area contributed by atoms with Gasteiger partial charge in [-0.3, -0.25) is 0 Å². The van der Waals surface area contributed by atoms with Crippen LogP contribution in [0.15, 0.2) is 28.7 Å². The van der Waals surface area contributed by atoms with Gasteiger partial charge in [0.1, 0.15) is 11.8 Å². The van der Waals surface area contributed by atoms with Crippen LogP contribution in [0.2, 0.25) is 0 Å². The summed E-state index contributed by atoms with van der Waals surface area (Å²) in [5.41, 5.74) is 1.27. The van der Waals surface area contributed by atoms with Crippen molar-refractivity contribution in [3.8, 4) is 11.8 Å². The Morgan fingerprint density at radius 2 is 1.87 bits per heavy atom. The number of methoxy groups -OCH3 is 1. The molecule has 0 N–H and O–H groups in total. The van der Waals surface area contributed by atoms with Gasteiger partial charge in [-0.25, -0.2) is 4.39 Å². The molecular formula is C16H17FN4O2. The average Bonchev–Trinajstić information content (AvgIpc) is 3.05. The van der Waals surface area contributed by atoms with Crippen molar-refractivity contribution >= 4 is 11.6 Å². The van der Waals surface area contributed by atoms with Crippen LogP contribution in [0.4, 0.5) is 16.0 Å². The monoisotopic (exact) mass is 316 g/mol. The average molecular weight is 316 g/mol. The summed E-state index contributed by atoms with van der Waals surface area (Å²) in [6, 6.07) is 9.86. The summed E-state index contributed by atoms with van der Waals surface area (Å²) < 4.78 is 23.2. The van der Waals surface area contributed by atoms with Crippen LogP contribution in [0.5, 0.6) is 5.75 Å². The molecule has 0 amide bonds. The number of aromatic nitrogens is 1. The lowest BCUT2D eigenvalue weighted by molar-refractivity contribution is 0.378. The van der Waals surface area contributed by atoms with E-state index in [0.29, 0.717) is 19.0 Å². The SMILES string of the molecule is COc1ccc(N2CCN(c3oc(CF)nc3C#N)CC2)cc1. The lowest BCUT2D eigenvalue weighted by Gasteiger charge is -2.35. The number of oxazole rings is 1. The van der Waals surface area contributed by atoms with Crippen LogP contribution in [0.25, 0.3) is 0 Å². The van der Waals surface area contributed by atoms with Gasteiger partial charge in [-0.15, -0.1) is 0 Å². The molecule has 1 aromatic carbocycles. The Bertz CT molecular complexity index is 700. The molecule has 0 aliphatic carbocycles. The number of ether oxygens (including phenoxy) is 1. The first-order chi connectivity index (χ1) is 11.2. The minimum atomic E-state index is -0.805. The molecule has 0 unspecified atom stereocenters. The first-order valence-electron chi connectivity index (χ1n) is 7.35. The van der Waals surface area contributed by atoms with E-state index in [1.165, 1.54) is 0 Å². The molecule has 120 valence electrons. The molecule has 0 spiro atoms. The van der Waals surface area contributed by atoms with Crippen LogP contribution in [0.1, 0.15) is 11.6 Å². The third-order valence-electron chi connectivity index (χ3n) is 3.88. The second-order valence-corrected chi connectivity index (χ2v) is 5.18. The molecule has 1 aliphatic rings. The topological polar surface area (TPSA) is 65.5 Å². The molecule has 1 aliphatic heterocycles. The van der Waals surface area contributed by atoms with E-state index in [4.69, 9.17) is 14.4 Å². The minimum absolute atomic E-state index is 0.0471. The predicted octanol–water partition coefficient (Wildman–Crippen LogP) is 2.35. The second-order valence-electron chi connectivity index (χ2n) is 5.18. The highest BCUT2D eigenvalue weighted by molar-refractivity contribution is 5.53. The van der Waals surface area contributed by atoms with Crippen LogP contribution < -0.4 is 14.5 Å². The first kappa shape index (κ1) is 15.2. The zero-order valence-electron chi connectivity index (χ0n) is 12.8. The number of anilines is 2. The molecule has 0 bridgehead atoms. The van der Waals surface area contributed by atoms with Gasteiger partial charge in [-0.2, -0.15) is 10.2 Å². The lowest BCUT2D eigenvalue weighted by Crippen LogP contribution is -2.46. The number of hydrogen-bond acceptors (Lipinski definition) is 6. The Hall–Kier alpha value is -2.75. The Balaban J connectivity index is 1.68. The summed E-state index contributed by atoms with van der Waals surface area (Å²) in [4.78, 5) is 8.03. The van der Waals surface area contributed by atoms with Crippen molar-refractivity contribution < 1.29 is 13.5 Å². The fourth-order valence-corrected chi connectivity index (χ4v) is 2.66. The number of benzene rings is 1. The number of nitrogens with zero attached hydrogens (tertiary/aromatic N) is 4. The standard InChI is InChI=1S/C16H17FN4O2/c1-22-13-4-2-12(3-5-13)20-6-8-21(9-7-20)16-14(11-18)19-15(10-17)23-16/h2-5H,6-10H2,1H3. The second kappa shape index (κ2) is 6.57. The number of nitriles is 1. The van der Waals surface area contributed by atoms with E-state index in [9.17, 15) is 4.39 Å². The normalized spacial score (nSPS) is 14.7. The number of rotatable bonds is 4.